The Balaban J connectivity index is 1.19. The highest BCUT2D eigenvalue weighted by Gasteiger charge is 2.61. The summed E-state index contributed by atoms with van der Waals surface area (Å²) in [6.07, 6.45) is 6.76. The molecule has 4 fully saturated rings. The van der Waals surface area contributed by atoms with Crippen LogP contribution in [0.3, 0.4) is 0 Å². The fourth-order valence-electron chi connectivity index (χ4n) is 10.7. The summed E-state index contributed by atoms with van der Waals surface area (Å²) in [5, 5.41) is 32.6. The van der Waals surface area contributed by atoms with Crippen LogP contribution < -0.4 is 0 Å². The molecule has 1 spiro atoms. The van der Waals surface area contributed by atoms with Gasteiger partial charge in [-0.1, -0.05) is 63.6 Å². The molecule has 6 heterocycles. The Morgan fingerprint density at radius 1 is 0.926 bits per heavy atom. The summed E-state index contributed by atoms with van der Waals surface area (Å²) < 4.78 is 69.2. The Bertz CT molecular complexity index is 1940. The van der Waals surface area contributed by atoms with Crippen LogP contribution in [0.5, 0.6) is 0 Å². The van der Waals surface area contributed by atoms with Crippen molar-refractivity contribution in [2.45, 2.75) is 191 Å². The van der Waals surface area contributed by atoms with Crippen molar-refractivity contribution in [3.05, 3.63) is 59.3 Å². The summed E-state index contributed by atoms with van der Waals surface area (Å²) in [6, 6.07) is 0. The molecular weight excluding hydrogens is 885 g/mol. The van der Waals surface area contributed by atoms with Crippen molar-refractivity contribution in [3.63, 3.8) is 0 Å². The maximum absolute atomic E-state index is 14.6. The lowest BCUT2D eigenvalue weighted by molar-refractivity contribution is -0.318. The molecule has 4 saturated heterocycles. The van der Waals surface area contributed by atoms with E-state index >= 15 is 0 Å². The first-order valence-electron chi connectivity index (χ1n) is 24.4. The third-order valence-electron chi connectivity index (χ3n) is 15.1. The molecule has 19 atom stereocenters. The molecule has 0 saturated carbocycles. The number of ether oxygens (including phenoxy) is 11. The van der Waals surface area contributed by atoms with Gasteiger partial charge in [0.25, 0.3) is 0 Å². The smallest absolute Gasteiger partial charge is 0.316 e. The molecule has 6 aliphatic heterocycles. The minimum Gasteiger partial charge on any atom is -0.481 e. The lowest BCUT2D eigenvalue weighted by Crippen LogP contribution is -2.58. The molecule has 0 aromatic carbocycles. The highest BCUT2D eigenvalue weighted by Crippen LogP contribution is 2.48. The van der Waals surface area contributed by atoms with Gasteiger partial charge in [-0.3, -0.25) is 14.4 Å². The molecule has 17 heteroatoms. The van der Waals surface area contributed by atoms with Gasteiger partial charge in [0.05, 0.1) is 62.7 Å². The second kappa shape index (κ2) is 22.4. The Labute approximate surface area is 400 Å². The minimum absolute atomic E-state index is 0.0851. The van der Waals surface area contributed by atoms with E-state index < -0.39 is 121 Å². The van der Waals surface area contributed by atoms with Crippen molar-refractivity contribution in [1.29, 1.82) is 0 Å². The number of aliphatic hydroxyl groups excluding tert-OH is 1. The number of carbonyl (C=O) groups excluding carboxylic acids is 2. The molecule has 0 radical (unpaired) electrons. The molecule has 2 bridgehead atoms. The van der Waals surface area contributed by atoms with Gasteiger partial charge >= 0.3 is 17.9 Å². The van der Waals surface area contributed by atoms with Crippen molar-refractivity contribution in [2.24, 2.45) is 23.7 Å². The van der Waals surface area contributed by atoms with E-state index in [9.17, 15) is 29.7 Å². The van der Waals surface area contributed by atoms with E-state index in [2.05, 4.69) is 26.0 Å². The molecular formula is C51H74O17. The van der Waals surface area contributed by atoms with Gasteiger partial charge in [-0.05, 0) is 62.8 Å². The zero-order valence-corrected chi connectivity index (χ0v) is 41.0. The molecule has 1 aliphatic carbocycles. The summed E-state index contributed by atoms with van der Waals surface area (Å²) >= 11 is 0. The molecule has 0 aromatic rings. The maximum Gasteiger partial charge on any atom is 0.316 e. The summed E-state index contributed by atoms with van der Waals surface area (Å²) in [5.74, 6) is -4.67. The van der Waals surface area contributed by atoms with Crippen molar-refractivity contribution >= 4 is 17.9 Å². The first kappa shape index (κ1) is 52.5. The second-order valence-electron chi connectivity index (χ2n) is 19.8. The Hall–Kier alpha value is -3.33. The van der Waals surface area contributed by atoms with Crippen molar-refractivity contribution in [3.8, 4) is 0 Å². The zero-order chi connectivity index (χ0) is 49.1. The highest BCUT2D eigenvalue weighted by atomic mass is 16.7. The van der Waals surface area contributed by atoms with Gasteiger partial charge in [-0.15, -0.1) is 0 Å². The third-order valence-corrected chi connectivity index (χ3v) is 15.1. The van der Waals surface area contributed by atoms with E-state index in [0.717, 1.165) is 12.0 Å². The molecule has 380 valence electrons. The van der Waals surface area contributed by atoms with Gasteiger partial charge < -0.3 is 67.4 Å². The Kier molecular flexibility index (Phi) is 17.3. The van der Waals surface area contributed by atoms with Gasteiger partial charge in [0, 0.05) is 51.7 Å². The SMILES string of the molecule is CCC(C)[C@H]1C=CC2(CC3CC(C/C=C(\C)[C@@H](OC4C[C@H](OC)[C@@H](O[C@H]5C[C@H](OC)[C@@H](O)[C@H](C)O5)[C@H](C)O4)C(C)/C=C/C=C4\COC5[C@H](OC(=O)CCC(=O)O)C(C)=CC(C(=O)O3)[C@]45O)O2)OC1. The first-order valence-corrected chi connectivity index (χ1v) is 24.4. The van der Waals surface area contributed by atoms with Gasteiger partial charge in [0.1, 0.15) is 35.9 Å². The number of hydrogen-bond donors (Lipinski definition) is 3. The average molecular weight is 959 g/mol. The Morgan fingerprint density at radius 2 is 1.65 bits per heavy atom. The first-order chi connectivity index (χ1) is 32.4. The predicted molar refractivity (Wildman–Crippen MR) is 243 cm³/mol. The molecule has 3 N–H and O–H groups in total. The number of carboxylic acids is 1. The quantitative estimate of drug-likeness (QED) is 0.165. The molecule has 7 rings (SSSR count). The summed E-state index contributed by atoms with van der Waals surface area (Å²) in [4.78, 5) is 38.7. The zero-order valence-electron chi connectivity index (χ0n) is 41.0. The minimum atomic E-state index is -2.00. The fraction of sp³-hybridized carbons (Fsp3) is 0.745. The van der Waals surface area contributed by atoms with Gasteiger partial charge in [0.15, 0.2) is 24.5 Å². The molecule has 8 unspecified atom stereocenters. The number of carbonyl (C=O) groups is 3. The number of fused-ring (bicyclic) bond motifs is 2. The third kappa shape index (κ3) is 11.5. The van der Waals surface area contributed by atoms with E-state index in [0.29, 0.717) is 49.4 Å². The number of esters is 2. The van der Waals surface area contributed by atoms with Crippen LogP contribution in [0.4, 0.5) is 0 Å². The fourth-order valence-corrected chi connectivity index (χ4v) is 10.7. The van der Waals surface area contributed by atoms with E-state index in [1.807, 2.05) is 32.9 Å². The van der Waals surface area contributed by atoms with E-state index in [1.54, 1.807) is 46.3 Å². The number of allylic oxidation sites excluding steroid dienone is 2. The highest BCUT2D eigenvalue weighted by molar-refractivity contribution is 5.79. The van der Waals surface area contributed by atoms with Crippen molar-refractivity contribution in [2.75, 3.05) is 27.4 Å². The van der Waals surface area contributed by atoms with Gasteiger partial charge in [-0.25, -0.2) is 0 Å². The number of rotatable bonds is 12. The van der Waals surface area contributed by atoms with E-state index in [4.69, 9.17) is 52.1 Å². The standard InChI is InChI=1S/C51H74O17/c1-10-27(2)33-18-19-50(61-25-33)24-36-21-35(68-50)15-14-29(4)45(66-43-23-39(59-9)47(32(7)63-43)67-42-22-38(58-8)44(55)31(6)62-42)28(3)12-11-13-34-26-60-48-46(65-41(54)17-16-40(52)53)30(5)20-37(49(56)64-36)51(34,48)57/h11-14,18-20,27-28,31-33,35-39,42-48,55,57H,10,15-17,21-26H2,1-9H3,(H,52,53)/b12-11+,29-14+,34-13+/t27?,28?,31-,32-,33-,35?,36?,37?,38-,39-,42-,43?,44-,45-,46+,47-,48?,50?,51+/m0/s1. The van der Waals surface area contributed by atoms with E-state index in [-0.39, 0.29) is 31.3 Å². The molecule has 0 amide bonds. The monoisotopic (exact) mass is 958 g/mol. The number of carboxylic acid groups (broad SMARTS) is 1. The predicted octanol–water partition coefficient (Wildman–Crippen LogP) is 5.40. The summed E-state index contributed by atoms with van der Waals surface area (Å²) in [7, 11) is 3.18. The van der Waals surface area contributed by atoms with Crippen LogP contribution in [0.15, 0.2) is 59.3 Å². The van der Waals surface area contributed by atoms with Crippen molar-refractivity contribution < 1.29 is 81.8 Å². The van der Waals surface area contributed by atoms with Gasteiger partial charge in [-0.2, -0.15) is 0 Å². The van der Waals surface area contributed by atoms with Crippen LogP contribution in [-0.4, -0.2) is 152 Å². The lowest BCUT2D eigenvalue weighted by atomic mass is 9.70. The van der Waals surface area contributed by atoms with Crippen LogP contribution in [0.2, 0.25) is 0 Å². The normalized spacial score (nSPS) is 44.6. The largest absolute Gasteiger partial charge is 0.481 e. The molecule has 68 heavy (non-hydrogen) atoms. The summed E-state index contributed by atoms with van der Waals surface area (Å²) in [6.45, 7) is 14.1. The second-order valence-corrected chi connectivity index (χ2v) is 19.8. The molecule has 7 aliphatic rings. The van der Waals surface area contributed by atoms with Crippen LogP contribution in [0, 0.1) is 23.7 Å². The summed E-state index contributed by atoms with van der Waals surface area (Å²) in [5.41, 5.74) is -0.248. The average Bonchev–Trinajstić information content (AvgIpc) is 3.64. The van der Waals surface area contributed by atoms with Crippen LogP contribution in [0.25, 0.3) is 0 Å². The van der Waals surface area contributed by atoms with Gasteiger partial charge in [0.2, 0.25) is 0 Å². The lowest BCUT2D eigenvalue weighted by Gasteiger charge is -2.46. The number of aliphatic hydroxyl groups is 2. The molecule has 0 aromatic heterocycles. The number of hydrogen-bond acceptors (Lipinski definition) is 16. The maximum atomic E-state index is 14.6. The van der Waals surface area contributed by atoms with Crippen LogP contribution >= 0.6 is 0 Å². The van der Waals surface area contributed by atoms with Crippen LogP contribution in [-0.2, 0) is 66.5 Å². The van der Waals surface area contributed by atoms with Crippen molar-refractivity contribution in [1.82, 2.24) is 0 Å². The Morgan fingerprint density at radius 3 is 2.34 bits per heavy atom. The topological polar surface area (TPSA) is 213 Å². The van der Waals surface area contributed by atoms with E-state index in [1.165, 1.54) is 0 Å². The molecule has 17 nitrogen and oxygen atoms in total. The van der Waals surface area contributed by atoms with Crippen LogP contribution in [0.1, 0.15) is 99.8 Å². The number of aliphatic carboxylic acids is 1. The number of methoxy groups -OCH3 is 2.